The van der Waals surface area contributed by atoms with Crippen LogP contribution in [0.2, 0.25) is 0 Å². The van der Waals surface area contributed by atoms with Gasteiger partial charge in [0.25, 0.3) is 0 Å². The molecule has 1 unspecified atom stereocenters. The minimum atomic E-state index is 0.175. The van der Waals surface area contributed by atoms with Gasteiger partial charge in [0.1, 0.15) is 0 Å². The molecule has 2 N–H and O–H groups in total. The molecule has 0 saturated carbocycles. The summed E-state index contributed by atoms with van der Waals surface area (Å²) in [5, 5.41) is 0. The van der Waals surface area contributed by atoms with Gasteiger partial charge < -0.3 is 15.4 Å². The zero-order valence-electron chi connectivity index (χ0n) is 11.1. The number of hydrogen-bond acceptors (Lipinski definition) is 3. The maximum Gasteiger partial charge on any atom is 0.0593 e. The summed E-state index contributed by atoms with van der Waals surface area (Å²) in [5.41, 5.74) is 7.45. The highest BCUT2D eigenvalue weighted by Gasteiger charge is 2.10. The van der Waals surface area contributed by atoms with Crippen molar-refractivity contribution in [2.24, 2.45) is 5.73 Å². The molecule has 1 aliphatic heterocycles. The Hall–Kier alpha value is -0.900. The zero-order chi connectivity index (χ0) is 12.6. The zero-order valence-corrected chi connectivity index (χ0v) is 11.1. The molecule has 0 spiro atoms. The van der Waals surface area contributed by atoms with Gasteiger partial charge in [-0.3, -0.25) is 0 Å². The third kappa shape index (κ3) is 4.41. The van der Waals surface area contributed by atoms with Crippen molar-refractivity contribution in [2.75, 3.05) is 32.8 Å². The highest BCUT2D eigenvalue weighted by molar-refractivity contribution is 5.18. The molecule has 0 amide bonds. The van der Waals surface area contributed by atoms with Crippen LogP contribution in [0, 0.1) is 0 Å². The van der Waals surface area contributed by atoms with E-state index in [4.69, 9.17) is 10.5 Å². The summed E-state index contributed by atoms with van der Waals surface area (Å²) in [5.74, 6) is 0. The van der Waals surface area contributed by atoms with Gasteiger partial charge in [-0.15, -0.1) is 0 Å². The van der Waals surface area contributed by atoms with E-state index >= 15 is 0 Å². The highest BCUT2D eigenvalue weighted by Crippen LogP contribution is 2.15. The second kappa shape index (κ2) is 7.52. The molecule has 1 heterocycles. The molecular formula is C15H24N2O. The minimum Gasteiger partial charge on any atom is -0.380 e. The van der Waals surface area contributed by atoms with Crippen LogP contribution in [0.3, 0.4) is 0 Å². The monoisotopic (exact) mass is 248 g/mol. The molecule has 18 heavy (non-hydrogen) atoms. The predicted molar refractivity (Wildman–Crippen MR) is 74.5 cm³/mol. The molecular weight excluding hydrogens is 224 g/mol. The van der Waals surface area contributed by atoms with Crippen molar-refractivity contribution in [2.45, 2.75) is 25.3 Å². The topological polar surface area (TPSA) is 38.5 Å². The fraction of sp³-hybridized carbons (Fsp3) is 0.600. The van der Waals surface area contributed by atoms with E-state index in [9.17, 15) is 0 Å². The number of hydrogen-bond donors (Lipinski definition) is 1. The van der Waals surface area contributed by atoms with E-state index in [-0.39, 0.29) is 6.04 Å². The van der Waals surface area contributed by atoms with Crippen molar-refractivity contribution in [1.82, 2.24) is 4.90 Å². The van der Waals surface area contributed by atoms with E-state index in [0.29, 0.717) is 0 Å². The van der Waals surface area contributed by atoms with Gasteiger partial charge in [0.15, 0.2) is 0 Å². The fourth-order valence-corrected chi connectivity index (χ4v) is 2.42. The lowest BCUT2D eigenvalue weighted by Gasteiger charge is -2.20. The van der Waals surface area contributed by atoms with E-state index < -0.39 is 0 Å². The Labute approximate surface area is 110 Å². The Kier molecular flexibility index (Phi) is 5.65. The molecule has 0 radical (unpaired) electrons. The molecule has 100 valence electrons. The van der Waals surface area contributed by atoms with Gasteiger partial charge in [-0.25, -0.2) is 0 Å². The van der Waals surface area contributed by atoms with Gasteiger partial charge in [0, 0.05) is 25.7 Å². The Bertz CT molecular complexity index is 321. The second-order valence-electron chi connectivity index (χ2n) is 4.97. The molecule has 2 rings (SSSR count). The minimum absolute atomic E-state index is 0.175. The van der Waals surface area contributed by atoms with Gasteiger partial charge in [0.2, 0.25) is 0 Å². The summed E-state index contributed by atoms with van der Waals surface area (Å²) in [7, 11) is 0. The van der Waals surface area contributed by atoms with Crippen LogP contribution in [-0.2, 0) is 4.74 Å². The Morgan fingerprint density at radius 1 is 1.17 bits per heavy atom. The first-order valence-electron chi connectivity index (χ1n) is 6.97. The summed E-state index contributed by atoms with van der Waals surface area (Å²) >= 11 is 0. The third-order valence-electron chi connectivity index (χ3n) is 3.53. The maximum atomic E-state index is 6.20. The van der Waals surface area contributed by atoms with Gasteiger partial charge >= 0.3 is 0 Å². The fourth-order valence-electron chi connectivity index (χ4n) is 2.42. The summed E-state index contributed by atoms with van der Waals surface area (Å²) in [6.45, 7) is 5.18. The van der Waals surface area contributed by atoms with Crippen LogP contribution in [0.4, 0.5) is 0 Å². The molecule has 3 nitrogen and oxygen atoms in total. The number of nitrogens with two attached hydrogens (primary N) is 1. The van der Waals surface area contributed by atoms with E-state index in [1.54, 1.807) is 0 Å². The van der Waals surface area contributed by atoms with Crippen molar-refractivity contribution in [1.29, 1.82) is 0 Å². The van der Waals surface area contributed by atoms with Crippen LogP contribution in [0.25, 0.3) is 0 Å². The average Bonchev–Trinajstić information content (AvgIpc) is 2.68. The van der Waals surface area contributed by atoms with Crippen molar-refractivity contribution in [3.63, 3.8) is 0 Å². The van der Waals surface area contributed by atoms with Crippen molar-refractivity contribution in [3.8, 4) is 0 Å². The van der Waals surface area contributed by atoms with Gasteiger partial charge in [-0.05, 0) is 31.4 Å². The molecule has 1 aromatic carbocycles. The standard InChI is InChI=1S/C15H24N2O/c16-15(14-6-2-1-3-7-14)8-4-9-17-10-5-12-18-13-11-17/h1-3,6-7,15H,4-5,8-13,16H2. The van der Waals surface area contributed by atoms with E-state index in [1.807, 2.05) is 6.07 Å². The lowest BCUT2D eigenvalue weighted by molar-refractivity contribution is 0.141. The van der Waals surface area contributed by atoms with Crippen LogP contribution in [-0.4, -0.2) is 37.7 Å². The van der Waals surface area contributed by atoms with Gasteiger partial charge in [-0.2, -0.15) is 0 Å². The number of rotatable bonds is 5. The van der Waals surface area contributed by atoms with Crippen LogP contribution >= 0.6 is 0 Å². The van der Waals surface area contributed by atoms with E-state index in [2.05, 4.69) is 29.2 Å². The average molecular weight is 248 g/mol. The van der Waals surface area contributed by atoms with Crippen molar-refractivity contribution < 1.29 is 4.74 Å². The van der Waals surface area contributed by atoms with Crippen molar-refractivity contribution >= 4 is 0 Å². The number of ether oxygens (including phenoxy) is 1. The maximum absolute atomic E-state index is 6.20. The molecule has 1 fully saturated rings. The van der Waals surface area contributed by atoms with Crippen LogP contribution in [0.5, 0.6) is 0 Å². The molecule has 1 aromatic rings. The Balaban J connectivity index is 1.68. The number of nitrogens with zero attached hydrogens (tertiary/aromatic N) is 1. The van der Waals surface area contributed by atoms with Crippen LogP contribution in [0.1, 0.15) is 30.9 Å². The largest absolute Gasteiger partial charge is 0.380 e. The smallest absolute Gasteiger partial charge is 0.0593 e. The molecule has 1 aliphatic rings. The summed E-state index contributed by atoms with van der Waals surface area (Å²) in [4.78, 5) is 2.49. The molecule has 0 aromatic heterocycles. The first-order valence-corrected chi connectivity index (χ1v) is 6.97. The number of benzene rings is 1. The summed E-state index contributed by atoms with van der Waals surface area (Å²) < 4.78 is 5.46. The van der Waals surface area contributed by atoms with Crippen LogP contribution < -0.4 is 5.73 Å². The van der Waals surface area contributed by atoms with Crippen molar-refractivity contribution in [3.05, 3.63) is 35.9 Å². The highest BCUT2D eigenvalue weighted by atomic mass is 16.5. The molecule has 1 atom stereocenters. The predicted octanol–water partition coefficient (Wildman–Crippen LogP) is 2.19. The Morgan fingerprint density at radius 2 is 2.00 bits per heavy atom. The lowest BCUT2D eigenvalue weighted by atomic mass is 10.0. The molecule has 1 saturated heterocycles. The quantitative estimate of drug-likeness (QED) is 0.868. The second-order valence-corrected chi connectivity index (χ2v) is 4.97. The summed E-state index contributed by atoms with van der Waals surface area (Å²) in [6.07, 6.45) is 3.38. The third-order valence-corrected chi connectivity index (χ3v) is 3.53. The van der Waals surface area contributed by atoms with Gasteiger partial charge in [0.05, 0.1) is 6.61 Å². The van der Waals surface area contributed by atoms with Gasteiger partial charge in [-0.1, -0.05) is 30.3 Å². The first kappa shape index (κ1) is 13.5. The normalized spacial score (nSPS) is 19.4. The van der Waals surface area contributed by atoms with Crippen LogP contribution in [0.15, 0.2) is 30.3 Å². The molecule has 0 aliphatic carbocycles. The molecule has 3 heteroatoms. The molecule has 0 bridgehead atoms. The Morgan fingerprint density at radius 3 is 2.83 bits per heavy atom. The first-order chi connectivity index (χ1) is 8.86. The summed E-state index contributed by atoms with van der Waals surface area (Å²) in [6, 6.07) is 10.6. The van der Waals surface area contributed by atoms with E-state index in [0.717, 1.165) is 45.6 Å². The van der Waals surface area contributed by atoms with E-state index in [1.165, 1.54) is 12.1 Å². The SMILES string of the molecule is NC(CCCN1CCCOCC1)c1ccccc1. The lowest BCUT2D eigenvalue weighted by Crippen LogP contribution is -2.28.